The van der Waals surface area contributed by atoms with Gasteiger partial charge in [0.25, 0.3) is 0 Å². The molecule has 3 N–H and O–H groups in total. The Morgan fingerprint density at radius 3 is 2.75 bits per heavy atom. The van der Waals surface area contributed by atoms with Crippen molar-refractivity contribution in [2.24, 2.45) is 15.7 Å². The van der Waals surface area contributed by atoms with Gasteiger partial charge in [0.05, 0.1) is 0 Å². The largest absolute Gasteiger partial charge is 0.370 e. The summed E-state index contributed by atoms with van der Waals surface area (Å²) in [6, 6.07) is 8.48. The Balaban J connectivity index is 1.82. The molecule has 0 aromatic heterocycles. The van der Waals surface area contributed by atoms with E-state index >= 15 is 0 Å². The van der Waals surface area contributed by atoms with Gasteiger partial charge in [-0.15, -0.1) is 0 Å². The van der Waals surface area contributed by atoms with Crippen LogP contribution in [0.15, 0.2) is 34.3 Å². The molecule has 0 saturated heterocycles. The van der Waals surface area contributed by atoms with E-state index < -0.39 is 0 Å². The molecular weight excluding hydrogens is 363 g/mol. The molecular formula is C15H19IN4. The Morgan fingerprint density at radius 2 is 2.00 bits per heavy atom. The van der Waals surface area contributed by atoms with Gasteiger partial charge in [-0.3, -0.25) is 0 Å². The molecule has 0 unspecified atom stereocenters. The van der Waals surface area contributed by atoms with Crippen LogP contribution in [0.2, 0.25) is 0 Å². The molecule has 1 heterocycles. The molecule has 5 heteroatoms. The van der Waals surface area contributed by atoms with Crippen LogP contribution in [0.1, 0.15) is 37.7 Å². The summed E-state index contributed by atoms with van der Waals surface area (Å²) in [6.45, 7) is 0. The summed E-state index contributed by atoms with van der Waals surface area (Å²) in [6.07, 6.45) is 6.49. The van der Waals surface area contributed by atoms with Gasteiger partial charge in [0.15, 0.2) is 11.6 Å². The molecule has 3 rings (SSSR count). The van der Waals surface area contributed by atoms with Gasteiger partial charge in [-0.25, -0.2) is 9.98 Å². The van der Waals surface area contributed by atoms with Crippen molar-refractivity contribution in [3.63, 3.8) is 0 Å². The molecule has 1 aliphatic heterocycles. The number of rotatable bonds is 2. The second-order valence-corrected chi connectivity index (χ2v) is 6.78. The number of nitrogens with zero attached hydrogens (tertiary/aromatic N) is 2. The molecule has 106 valence electrons. The van der Waals surface area contributed by atoms with Crippen LogP contribution in [0.5, 0.6) is 0 Å². The van der Waals surface area contributed by atoms with Crippen molar-refractivity contribution in [2.75, 3.05) is 0 Å². The van der Waals surface area contributed by atoms with E-state index in [1.54, 1.807) is 0 Å². The van der Waals surface area contributed by atoms with Crippen LogP contribution < -0.4 is 11.1 Å². The van der Waals surface area contributed by atoms with Crippen molar-refractivity contribution in [3.05, 3.63) is 33.4 Å². The van der Waals surface area contributed by atoms with Crippen LogP contribution >= 0.6 is 22.6 Å². The van der Waals surface area contributed by atoms with Crippen LogP contribution in [0.25, 0.3) is 0 Å². The Bertz CT molecular complexity index is 559. The number of hydrogen-bond acceptors (Lipinski definition) is 4. The summed E-state index contributed by atoms with van der Waals surface area (Å²) in [7, 11) is 0. The topological polar surface area (TPSA) is 62.8 Å². The van der Waals surface area contributed by atoms with E-state index in [-0.39, 0.29) is 5.66 Å². The van der Waals surface area contributed by atoms with Gasteiger partial charge < -0.3 is 11.1 Å². The average molecular weight is 382 g/mol. The van der Waals surface area contributed by atoms with E-state index in [9.17, 15) is 0 Å². The minimum absolute atomic E-state index is 0.287. The third-order valence-corrected chi connectivity index (χ3v) is 4.53. The summed E-state index contributed by atoms with van der Waals surface area (Å²) < 4.78 is 1.24. The van der Waals surface area contributed by atoms with Gasteiger partial charge in [-0.05, 0) is 66.0 Å². The average Bonchev–Trinajstić information content (AvgIpc) is 2.38. The maximum atomic E-state index is 5.97. The fraction of sp³-hybridized carbons (Fsp3) is 0.467. The van der Waals surface area contributed by atoms with Gasteiger partial charge in [-0.1, -0.05) is 18.6 Å². The zero-order valence-corrected chi connectivity index (χ0v) is 13.6. The minimum Gasteiger partial charge on any atom is -0.370 e. The van der Waals surface area contributed by atoms with Crippen molar-refractivity contribution >= 4 is 34.4 Å². The van der Waals surface area contributed by atoms with Crippen LogP contribution in [0.3, 0.4) is 0 Å². The van der Waals surface area contributed by atoms with Gasteiger partial charge in [-0.2, -0.15) is 0 Å². The molecule has 1 spiro atoms. The highest BCUT2D eigenvalue weighted by molar-refractivity contribution is 14.1. The molecule has 20 heavy (non-hydrogen) atoms. The van der Waals surface area contributed by atoms with Gasteiger partial charge in [0.2, 0.25) is 0 Å². The molecule has 0 radical (unpaired) electrons. The van der Waals surface area contributed by atoms with Crippen molar-refractivity contribution < 1.29 is 0 Å². The third kappa shape index (κ3) is 3.13. The van der Waals surface area contributed by atoms with Crippen molar-refractivity contribution in [2.45, 2.75) is 44.2 Å². The van der Waals surface area contributed by atoms with Crippen LogP contribution in [-0.4, -0.2) is 17.5 Å². The minimum atomic E-state index is -0.287. The number of nitrogens with two attached hydrogens (primary N) is 1. The van der Waals surface area contributed by atoms with Gasteiger partial charge in [0, 0.05) is 9.99 Å². The molecule has 0 amide bonds. The van der Waals surface area contributed by atoms with E-state index in [1.165, 1.54) is 28.4 Å². The zero-order valence-electron chi connectivity index (χ0n) is 11.4. The normalized spacial score (nSPS) is 21.1. The molecule has 1 aromatic rings. The fourth-order valence-electron chi connectivity index (χ4n) is 2.97. The van der Waals surface area contributed by atoms with E-state index in [2.05, 4.69) is 57.2 Å². The number of benzene rings is 1. The lowest BCUT2D eigenvalue weighted by Gasteiger charge is -2.34. The number of aliphatic imine (C=N–C) groups is 2. The maximum Gasteiger partial charge on any atom is 0.196 e. The lowest BCUT2D eigenvalue weighted by molar-refractivity contribution is 0.306. The molecule has 1 aliphatic carbocycles. The summed E-state index contributed by atoms with van der Waals surface area (Å²) >= 11 is 2.33. The zero-order chi connectivity index (χ0) is 14.0. The second kappa shape index (κ2) is 5.71. The van der Waals surface area contributed by atoms with Crippen LogP contribution in [-0.2, 0) is 6.42 Å². The molecule has 1 saturated carbocycles. The first-order valence-corrected chi connectivity index (χ1v) is 8.19. The molecule has 0 atom stereocenters. The summed E-state index contributed by atoms with van der Waals surface area (Å²) in [4.78, 5) is 9.46. The predicted molar refractivity (Wildman–Crippen MR) is 90.9 cm³/mol. The quantitative estimate of drug-likeness (QED) is 0.773. The van der Waals surface area contributed by atoms with E-state index in [4.69, 9.17) is 10.7 Å². The summed E-state index contributed by atoms with van der Waals surface area (Å²) in [5.41, 5.74) is 6.94. The Morgan fingerprint density at radius 1 is 1.20 bits per heavy atom. The van der Waals surface area contributed by atoms with Gasteiger partial charge in [0.1, 0.15) is 5.84 Å². The number of halogens is 1. The molecule has 1 fully saturated rings. The third-order valence-electron chi connectivity index (χ3n) is 3.86. The monoisotopic (exact) mass is 382 g/mol. The van der Waals surface area contributed by atoms with Crippen molar-refractivity contribution in [1.82, 2.24) is 5.32 Å². The van der Waals surface area contributed by atoms with Crippen molar-refractivity contribution in [1.29, 1.82) is 0 Å². The number of amidine groups is 1. The Kier molecular flexibility index (Phi) is 3.96. The standard InChI is InChI=1S/C15H19IN4/c16-12-6-4-5-11(9-12)10-13-18-14(17)20-15(19-13)7-2-1-3-8-15/h4-6,9H,1-3,7-8,10H2,(H3,17,18,19,20). The van der Waals surface area contributed by atoms with Crippen LogP contribution in [0.4, 0.5) is 0 Å². The number of nitrogens with one attached hydrogen (secondary N) is 1. The van der Waals surface area contributed by atoms with Crippen molar-refractivity contribution in [3.8, 4) is 0 Å². The number of hydrogen-bond donors (Lipinski definition) is 2. The first-order chi connectivity index (χ1) is 9.65. The fourth-order valence-corrected chi connectivity index (χ4v) is 3.58. The van der Waals surface area contributed by atoms with E-state index in [1.807, 2.05) is 0 Å². The van der Waals surface area contributed by atoms with E-state index in [0.717, 1.165) is 25.1 Å². The summed E-state index contributed by atoms with van der Waals surface area (Å²) in [5.74, 6) is 1.46. The highest BCUT2D eigenvalue weighted by atomic mass is 127. The Hall–Kier alpha value is -1.11. The van der Waals surface area contributed by atoms with Gasteiger partial charge >= 0.3 is 0 Å². The first kappa shape index (κ1) is 13.9. The maximum absolute atomic E-state index is 5.97. The first-order valence-electron chi connectivity index (χ1n) is 7.11. The second-order valence-electron chi connectivity index (χ2n) is 5.53. The lowest BCUT2D eigenvalue weighted by Crippen LogP contribution is -2.47. The molecule has 2 aliphatic rings. The molecule has 1 aromatic carbocycles. The van der Waals surface area contributed by atoms with E-state index in [0.29, 0.717) is 5.96 Å². The SMILES string of the molecule is NC1=NC2(CCCCC2)N=C(Cc2cccc(I)c2)N1. The smallest absolute Gasteiger partial charge is 0.196 e. The lowest BCUT2D eigenvalue weighted by atomic mass is 9.89. The Labute approximate surface area is 133 Å². The molecule has 4 nitrogen and oxygen atoms in total. The highest BCUT2D eigenvalue weighted by Gasteiger charge is 2.34. The van der Waals surface area contributed by atoms with Crippen LogP contribution in [0, 0.1) is 3.57 Å². The highest BCUT2D eigenvalue weighted by Crippen LogP contribution is 2.34. The molecule has 0 bridgehead atoms. The predicted octanol–water partition coefficient (Wildman–Crippen LogP) is 2.81. The summed E-state index contributed by atoms with van der Waals surface area (Å²) in [5, 5.41) is 3.13. The number of guanidine groups is 1.